The van der Waals surface area contributed by atoms with Crippen molar-refractivity contribution in [2.75, 3.05) is 38.7 Å². The molecule has 172 valence electrons. The van der Waals surface area contributed by atoms with Gasteiger partial charge in [-0.15, -0.1) is 0 Å². The van der Waals surface area contributed by atoms with Crippen LogP contribution in [0.1, 0.15) is 50.2 Å². The van der Waals surface area contributed by atoms with E-state index in [1.54, 1.807) is 6.07 Å². The number of esters is 1. The molecule has 8 heteroatoms. The highest BCUT2D eigenvalue weighted by Gasteiger charge is 2.26. The molecule has 0 amide bonds. The van der Waals surface area contributed by atoms with Crippen LogP contribution in [0.5, 0.6) is 0 Å². The second-order valence-electron chi connectivity index (χ2n) is 8.43. The number of Topliss-reactive ketones (excluding diaryl/α,β-unsaturated/α-hetero) is 1. The highest BCUT2D eigenvalue weighted by molar-refractivity contribution is 7.89. The quantitative estimate of drug-likeness (QED) is 0.466. The van der Waals surface area contributed by atoms with E-state index in [4.69, 9.17) is 4.74 Å². The van der Waals surface area contributed by atoms with Crippen LogP contribution in [0, 0.1) is 20.8 Å². The van der Waals surface area contributed by atoms with Crippen LogP contribution in [0.15, 0.2) is 35.2 Å². The van der Waals surface area contributed by atoms with Crippen molar-refractivity contribution in [2.45, 2.75) is 38.5 Å². The summed E-state index contributed by atoms with van der Waals surface area (Å²) in [6.45, 7) is 6.82. The molecule has 0 bridgehead atoms. The maximum Gasteiger partial charge on any atom is 0.340 e. The second-order valence-corrected chi connectivity index (χ2v) is 10.6. The molecule has 0 unspecified atom stereocenters. The Balaban J connectivity index is 1.89. The molecule has 3 rings (SSSR count). The predicted molar refractivity (Wildman–Crippen MR) is 124 cm³/mol. The number of anilines is 1. The fourth-order valence-electron chi connectivity index (χ4n) is 4.18. The normalized spacial score (nSPS) is 14.1. The smallest absolute Gasteiger partial charge is 0.340 e. The van der Waals surface area contributed by atoms with Crippen molar-refractivity contribution in [1.29, 1.82) is 0 Å². The van der Waals surface area contributed by atoms with Crippen molar-refractivity contribution >= 4 is 27.5 Å². The first kappa shape index (κ1) is 23.9. The molecule has 2 aromatic carbocycles. The number of benzene rings is 2. The summed E-state index contributed by atoms with van der Waals surface area (Å²) in [5.41, 5.74) is 4.05. The van der Waals surface area contributed by atoms with Gasteiger partial charge in [0.05, 0.1) is 16.1 Å². The fourth-order valence-corrected chi connectivity index (χ4v) is 5.11. The molecule has 32 heavy (non-hydrogen) atoms. The lowest BCUT2D eigenvalue weighted by atomic mass is 9.97. The molecule has 0 N–H and O–H groups in total. The summed E-state index contributed by atoms with van der Waals surface area (Å²) in [6, 6.07) is 8.34. The summed E-state index contributed by atoms with van der Waals surface area (Å²) >= 11 is 0. The molecule has 1 heterocycles. The van der Waals surface area contributed by atoms with Crippen molar-refractivity contribution in [3.05, 3.63) is 58.1 Å². The molecule has 1 aliphatic heterocycles. The summed E-state index contributed by atoms with van der Waals surface area (Å²) in [5, 5.41) is 0. The fraction of sp³-hybridized carbons (Fsp3) is 0.417. The number of carbonyl (C=O) groups excluding carboxylic acids is 2. The predicted octanol–water partition coefficient (Wildman–Crippen LogP) is 3.50. The molecule has 0 aliphatic carbocycles. The topological polar surface area (TPSA) is 84.0 Å². The van der Waals surface area contributed by atoms with E-state index in [-0.39, 0.29) is 16.2 Å². The zero-order valence-corrected chi connectivity index (χ0v) is 20.1. The highest BCUT2D eigenvalue weighted by Crippen LogP contribution is 2.29. The zero-order chi connectivity index (χ0) is 23.6. The van der Waals surface area contributed by atoms with Crippen LogP contribution < -0.4 is 4.90 Å². The average molecular weight is 459 g/mol. The Morgan fingerprint density at radius 1 is 1.00 bits per heavy atom. The minimum atomic E-state index is -3.72. The lowest BCUT2D eigenvalue weighted by Gasteiger charge is -2.22. The highest BCUT2D eigenvalue weighted by atomic mass is 32.2. The van der Waals surface area contributed by atoms with E-state index < -0.39 is 22.6 Å². The Morgan fingerprint density at radius 2 is 1.59 bits per heavy atom. The monoisotopic (exact) mass is 458 g/mol. The third-order valence-corrected chi connectivity index (χ3v) is 7.51. The van der Waals surface area contributed by atoms with E-state index >= 15 is 0 Å². The summed E-state index contributed by atoms with van der Waals surface area (Å²) < 4.78 is 31.7. The molecule has 1 aliphatic rings. The van der Waals surface area contributed by atoms with Crippen molar-refractivity contribution in [2.24, 2.45) is 0 Å². The van der Waals surface area contributed by atoms with Crippen molar-refractivity contribution < 1.29 is 22.7 Å². The maximum absolute atomic E-state index is 13.0. The number of hydrogen-bond donors (Lipinski definition) is 0. The van der Waals surface area contributed by atoms with Crippen molar-refractivity contribution in [1.82, 2.24) is 4.31 Å². The summed E-state index contributed by atoms with van der Waals surface area (Å²) in [7, 11) is -0.848. The SMILES string of the molecule is Cc1cc(C)c(C(=O)COC(=O)c2cc(S(=O)(=O)N(C)C)ccc2N2CCCC2)c(C)c1. The van der Waals surface area contributed by atoms with Gasteiger partial charge in [-0.25, -0.2) is 17.5 Å². The number of sulfonamides is 1. The number of aryl methyl sites for hydroxylation is 3. The van der Waals surface area contributed by atoms with Crippen LogP contribution in [0.25, 0.3) is 0 Å². The van der Waals surface area contributed by atoms with Crippen LogP contribution in [0.4, 0.5) is 5.69 Å². The first-order valence-electron chi connectivity index (χ1n) is 10.6. The van der Waals surface area contributed by atoms with Crippen molar-refractivity contribution in [3.63, 3.8) is 0 Å². The van der Waals surface area contributed by atoms with Gasteiger partial charge >= 0.3 is 5.97 Å². The third-order valence-electron chi connectivity index (χ3n) is 5.70. The van der Waals surface area contributed by atoms with Gasteiger partial charge in [0.15, 0.2) is 6.61 Å². The molecule has 0 spiro atoms. The first-order chi connectivity index (χ1) is 15.0. The Bertz CT molecular complexity index is 1130. The summed E-state index contributed by atoms with van der Waals surface area (Å²) in [4.78, 5) is 27.9. The standard InChI is InChI=1S/C24H30N2O5S/c1-16-12-17(2)23(18(3)13-16)22(27)15-31-24(28)20-14-19(32(29,30)25(4)5)8-9-21(20)26-10-6-7-11-26/h8-9,12-14H,6-7,10-11,15H2,1-5H3. The molecule has 7 nitrogen and oxygen atoms in total. The van der Waals surface area contributed by atoms with E-state index in [1.165, 1.54) is 26.2 Å². The van der Waals surface area contributed by atoms with Crippen LogP contribution >= 0.6 is 0 Å². The van der Waals surface area contributed by atoms with E-state index in [0.29, 0.717) is 11.3 Å². The molecule has 1 fully saturated rings. The molecular weight excluding hydrogens is 428 g/mol. The Labute approximate surface area is 190 Å². The minimum absolute atomic E-state index is 0.00828. The van der Waals surface area contributed by atoms with E-state index in [0.717, 1.165) is 46.9 Å². The second kappa shape index (κ2) is 9.42. The van der Waals surface area contributed by atoms with Crippen molar-refractivity contribution in [3.8, 4) is 0 Å². The minimum Gasteiger partial charge on any atom is -0.454 e. The molecule has 0 aromatic heterocycles. The van der Waals surface area contributed by atoms with Crippen LogP contribution in [0.2, 0.25) is 0 Å². The van der Waals surface area contributed by atoms with Gasteiger partial charge in [0.1, 0.15) is 0 Å². The first-order valence-corrected chi connectivity index (χ1v) is 12.1. The van der Waals surface area contributed by atoms with E-state index in [1.807, 2.05) is 37.8 Å². The van der Waals surface area contributed by atoms with Crippen LogP contribution in [-0.2, 0) is 14.8 Å². The lowest BCUT2D eigenvalue weighted by Crippen LogP contribution is -2.25. The van der Waals surface area contributed by atoms with Gasteiger partial charge in [-0.3, -0.25) is 4.79 Å². The van der Waals surface area contributed by atoms with Gasteiger partial charge in [-0.2, -0.15) is 0 Å². The average Bonchev–Trinajstić information content (AvgIpc) is 3.25. The molecule has 2 aromatic rings. The number of carbonyl (C=O) groups is 2. The largest absolute Gasteiger partial charge is 0.454 e. The Hall–Kier alpha value is -2.71. The maximum atomic E-state index is 13.0. The van der Waals surface area contributed by atoms with Gasteiger partial charge in [0.25, 0.3) is 0 Å². The zero-order valence-electron chi connectivity index (χ0n) is 19.3. The summed E-state index contributed by atoms with van der Waals surface area (Å²) in [6.07, 6.45) is 1.99. The third kappa shape index (κ3) is 4.86. The molecule has 1 saturated heterocycles. The van der Waals surface area contributed by atoms with Crippen LogP contribution in [-0.4, -0.2) is 58.3 Å². The summed E-state index contributed by atoms with van der Waals surface area (Å²) in [5.74, 6) is -0.994. The molecular formula is C24H30N2O5S. The van der Waals surface area contributed by atoms with Gasteiger partial charge in [0, 0.05) is 32.7 Å². The number of rotatable bonds is 7. The Morgan fingerprint density at radius 3 is 2.16 bits per heavy atom. The van der Waals surface area contributed by atoms with Gasteiger partial charge in [-0.1, -0.05) is 17.7 Å². The Kier molecular flexibility index (Phi) is 7.05. The molecule has 0 radical (unpaired) electrons. The van der Waals surface area contributed by atoms with Gasteiger partial charge in [0.2, 0.25) is 15.8 Å². The number of ether oxygens (including phenoxy) is 1. The van der Waals surface area contributed by atoms with Gasteiger partial charge < -0.3 is 9.64 Å². The number of hydrogen-bond acceptors (Lipinski definition) is 6. The van der Waals surface area contributed by atoms with Gasteiger partial charge in [-0.05, 0) is 62.9 Å². The molecule has 0 saturated carbocycles. The van der Waals surface area contributed by atoms with E-state index in [2.05, 4.69) is 0 Å². The molecule has 0 atom stereocenters. The lowest BCUT2D eigenvalue weighted by molar-refractivity contribution is 0.0474. The number of ketones is 1. The number of nitrogens with zero attached hydrogens (tertiary/aromatic N) is 2. The van der Waals surface area contributed by atoms with Crippen LogP contribution in [0.3, 0.4) is 0 Å². The van der Waals surface area contributed by atoms with E-state index in [9.17, 15) is 18.0 Å².